The van der Waals surface area contributed by atoms with Crippen molar-refractivity contribution in [2.24, 2.45) is 0 Å². The van der Waals surface area contributed by atoms with Gasteiger partial charge < -0.3 is 0 Å². The molecule has 3 nitrogen and oxygen atoms in total. The van der Waals surface area contributed by atoms with E-state index in [4.69, 9.17) is 16.2 Å². The minimum absolute atomic E-state index is 0. The van der Waals surface area contributed by atoms with Gasteiger partial charge in [0.2, 0.25) is 0 Å². The zero-order valence-electron chi connectivity index (χ0n) is 6.07. The van der Waals surface area contributed by atoms with Crippen LogP contribution in [0.4, 0.5) is 4.39 Å². The minimum Gasteiger partial charge on any atom is -0.282 e. The molecule has 13 heavy (non-hydrogen) atoms. The van der Waals surface area contributed by atoms with E-state index in [0.717, 1.165) is 18.2 Å². The average Bonchev–Trinajstić information content (AvgIpc) is 1.83. The van der Waals surface area contributed by atoms with Crippen LogP contribution in [-0.2, 0) is 10.1 Å². The van der Waals surface area contributed by atoms with Gasteiger partial charge in [0.25, 0.3) is 10.1 Å². The van der Waals surface area contributed by atoms with E-state index < -0.39 is 20.8 Å². The fourth-order valence-electron chi connectivity index (χ4n) is 0.684. The molecule has 1 aromatic carbocycles. The Hall–Kier alpha value is -0.360. The Labute approximate surface area is 85.7 Å². The largest absolute Gasteiger partial charge is 0.296 e. The lowest BCUT2D eigenvalue weighted by Crippen LogP contribution is -1.98. The highest BCUT2D eigenvalue weighted by molar-refractivity contribution is 7.86. The molecule has 0 unspecified atom stereocenters. The number of halogens is 3. The minimum atomic E-state index is -4.35. The molecule has 0 heterocycles. The van der Waals surface area contributed by atoms with E-state index in [1.165, 1.54) is 0 Å². The molecule has 0 saturated carbocycles. The van der Waals surface area contributed by atoms with E-state index in [0.29, 0.717) is 0 Å². The molecule has 0 saturated heterocycles. The second-order valence-corrected chi connectivity index (χ2v) is 3.85. The fourth-order valence-corrected chi connectivity index (χ4v) is 1.69. The van der Waals surface area contributed by atoms with Crippen molar-refractivity contribution in [2.45, 2.75) is 4.90 Å². The van der Waals surface area contributed by atoms with Crippen LogP contribution < -0.4 is 0 Å². The number of benzene rings is 1. The predicted molar refractivity (Wildman–Crippen MR) is 48.5 cm³/mol. The van der Waals surface area contributed by atoms with Crippen LogP contribution in [0.15, 0.2) is 23.1 Å². The predicted octanol–water partition coefficient (Wildman–Crippen LogP) is 2.15. The Balaban J connectivity index is 0.00000144. The van der Waals surface area contributed by atoms with E-state index in [-0.39, 0.29) is 17.4 Å². The summed E-state index contributed by atoms with van der Waals surface area (Å²) in [7, 11) is -4.35. The molecule has 0 aliphatic carbocycles. The van der Waals surface area contributed by atoms with Gasteiger partial charge in [-0.05, 0) is 18.2 Å². The van der Waals surface area contributed by atoms with E-state index in [2.05, 4.69) is 0 Å². The van der Waals surface area contributed by atoms with Crippen molar-refractivity contribution in [2.75, 3.05) is 0 Å². The van der Waals surface area contributed by atoms with Crippen LogP contribution in [-0.4, -0.2) is 13.0 Å². The van der Waals surface area contributed by atoms with Crippen LogP contribution in [0, 0.1) is 5.82 Å². The van der Waals surface area contributed by atoms with Gasteiger partial charge in [-0.3, -0.25) is 4.55 Å². The van der Waals surface area contributed by atoms with E-state index in [1.807, 2.05) is 0 Å². The Morgan fingerprint density at radius 2 is 1.92 bits per heavy atom. The summed E-state index contributed by atoms with van der Waals surface area (Å²) in [6.07, 6.45) is 0. The molecule has 0 spiro atoms. The van der Waals surface area contributed by atoms with Gasteiger partial charge in [-0.1, -0.05) is 11.6 Å². The average molecular weight is 247 g/mol. The second-order valence-electron chi connectivity index (χ2n) is 2.05. The van der Waals surface area contributed by atoms with E-state index >= 15 is 0 Å². The first-order valence-corrected chi connectivity index (χ1v) is 4.65. The molecule has 1 N–H and O–H groups in total. The molecule has 0 bridgehead atoms. The molecule has 74 valence electrons. The van der Waals surface area contributed by atoms with Crippen molar-refractivity contribution in [3.63, 3.8) is 0 Å². The van der Waals surface area contributed by atoms with Crippen molar-refractivity contribution in [1.29, 1.82) is 0 Å². The normalized spacial score (nSPS) is 10.7. The molecule has 0 amide bonds. The maximum Gasteiger partial charge on any atom is 0.296 e. The van der Waals surface area contributed by atoms with E-state index in [1.54, 1.807) is 0 Å². The van der Waals surface area contributed by atoms with Crippen LogP contribution >= 0.6 is 24.0 Å². The lowest BCUT2D eigenvalue weighted by molar-refractivity contribution is 0.483. The zero-order valence-corrected chi connectivity index (χ0v) is 8.46. The van der Waals surface area contributed by atoms with Crippen molar-refractivity contribution in [3.8, 4) is 0 Å². The summed E-state index contributed by atoms with van der Waals surface area (Å²) in [5.41, 5.74) is 0. The number of hydrogen-bond donors (Lipinski definition) is 1. The Kier molecular flexibility index (Phi) is 4.12. The number of rotatable bonds is 1. The summed E-state index contributed by atoms with van der Waals surface area (Å²) in [5, 5.41) is -0.336. The first-order valence-electron chi connectivity index (χ1n) is 2.84. The maximum absolute atomic E-state index is 12.4. The summed E-state index contributed by atoms with van der Waals surface area (Å²) in [4.78, 5) is -0.495. The van der Waals surface area contributed by atoms with Crippen molar-refractivity contribution < 1.29 is 17.4 Å². The van der Waals surface area contributed by atoms with Gasteiger partial charge in [0.1, 0.15) is 10.7 Å². The van der Waals surface area contributed by atoms with Gasteiger partial charge in [-0.15, -0.1) is 12.4 Å². The topological polar surface area (TPSA) is 54.4 Å². The standard InChI is InChI=1S/C6H4ClFO3S.ClH/c7-5-3-4(8)1-2-6(5)12(9,10)11;/h1-3H,(H,9,10,11);1H. The van der Waals surface area contributed by atoms with Crippen LogP contribution in [0.1, 0.15) is 0 Å². The highest BCUT2D eigenvalue weighted by Crippen LogP contribution is 2.21. The Morgan fingerprint density at radius 3 is 2.31 bits per heavy atom. The summed E-state index contributed by atoms with van der Waals surface area (Å²) < 4.78 is 41.9. The van der Waals surface area contributed by atoms with Crippen molar-refractivity contribution in [3.05, 3.63) is 29.0 Å². The molecule has 7 heteroatoms. The van der Waals surface area contributed by atoms with Gasteiger partial charge in [0, 0.05) is 0 Å². The van der Waals surface area contributed by atoms with Crippen molar-refractivity contribution >= 4 is 34.1 Å². The van der Waals surface area contributed by atoms with E-state index in [9.17, 15) is 12.8 Å². The van der Waals surface area contributed by atoms with Gasteiger partial charge in [0.15, 0.2) is 0 Å². The van der Waals surface area contributed by atoms with Crippen LogP contribution in [0.5, 0.6) is 0 Å². The fraction of sp³-hybridized carbons (Fsp3) is 0. The van der Waals surface area contributed by atoms with Gasteiger partial charge in [-0.2, -0.15) is 8.42 Å². The van der Waals surface area contributed by atoms with Crippen molar-refractivity contribution in [1.82, 2.24) is 0 Å². The molecular weight excluding hydrogens is 242 g/mol. The maximum atomic E-state index is 12.4. The first kappa shape index (κ1) is 12.6. The third-order valence-corrected chi connectivity index (χ3v) is 2.51. The van der Waals surface area contributed by atoms with Crippen LogP contribution in [0.25, 0.3) is 0 Å². The highest BCUT2D eigenvalue weighted by Gasteiger charge is 2.14. The smallest absolute Gasteiger partial charge is 0.282 e. The summed E-state index contributed by atoms with van der Waals surface area (Å²) >= 11 is 5.33. The van der Waals surface area contributed by atoms with Crippen LogP contribution in [0.2, 0.25) is 5.02 Å². The molecule has 0 atom stereocenters. The molecular formula is C6H5Cl2FO3S. The second kappa shape index (κ2) is 4.23. The molecule has 0 aromatic heterocycles. The highest BCUT2D eigenvalue weighted by atomic mass is 35.5. The van der Waals surface area contributed by atoms with Gasteiger partial charge in [0.05, 0.1) is 5.02 Å². The molecule has 1 rings (SSSR count). The van der Waals surface area contributed by atoms with Gasteiger partial charge >= 0.3 is 0 Å². The Morgan fingerprint density at radius 1 is 1.38 bits per heavy atom. The molecule has 0 aliphatic heterocycles. The monoisotopic (exact) mass is 246 g/mol. The molecule has 0 radical (unpaired) electrons. The SMILES string of the molecule is Cl.O=S(=O)(O)c1ccc(F)cc1Cl. The summed E-state index contributed by atoms with van der Waals surface area (Å²) in [6.45, 7) is 0. The quantitative estimate of drug-likeness (QED) is 0.773. The third kappa shape index (κ3) is 3.11. The number of hydrogen-bond acceptors (Lipinski definition) is 2. The Bertz CT molecular complexity index is 404. The van der Waals surface area contributed by atoms with Gasteiger partial charge in [-0.25, -0.2) is 4.39 Å². The molecule has 0 aliphatic rings. The molecule has 1 aromatic rings. The third-order valence-electron chi connectivity index (χ3n) is 1.17. The zero-order chi connectivity index (χ0) is 9.35. The molecule has 0 fully saturated rings. The lowest BCUT2D eigenvalue weighted by atomic mass is 10.3. The van der Waals surface area contributed by atoms with Crippen LogP contribution in [0.3, 0.4) is 0 Å². The lowest BCUT2D eigenvalue weighted by Gasteiger charge is -1.98. The first-order chi connectivity index (χ1) is 5.41. The summed E-state index contributed by atoms with van der Waals surface area (Å²) in [6, 6.07) is 2.60. The summed E-state index contributed by atoms with van der Waals surface area (Å²) in [5.74, 6) is -0.660.